The Morgan fingerprint density at radius 1 is 1.45 bits per heavy atom. The molecule has 0 N–H and O–H groups in total. The van der Waals surface area contributed by atoms with Crippen molar-refractivity contribution in [2.75, 3.05) is 6.61 Å². The predicted octanol–water partition coefficient (Wildman–Crippen LogP) is 3.04. The van der Waals surface area contributed by atoms with Crippen molar-refractivity contribution < 1.29 is 4.74 Å². The van der Waals surface area contributed by atoms with Crippen molar-refractivity contribution in [1.29, 1.82) is 0 Å². The van der Waals surface area contributed by atoms with Crippen LogP contribution in [0.2, 0.25) is 0 Å². The summed E-state index contributed by atoms with van der Waals surface area (Å²) in [6.07, 6.45) is 5.10. The molecule has 1 fully saturated rings. The quantitative estimate of drug-likeness (QED) is 0.650. The molecule has 1 aliphatic rings. The Hall–Kier alpha value is 0.310. The Labute approximate surface area is 73.9 Å². The van der Waals surface area contributed by atoms with Gasteiger partial charge in [0.1, 0.15) is 5.44 Å². The van der Waals surface area contributed by atoms with E-state index in [2.05, 4.69) is 13.8 Å². The summed E-state index contributed by atoms with van der Waals surface area (Å²) in [7, 11) is 0. The minimum atomic E-state index is 0.486. The number of rotatable bonds is 3. The summed E-state index contributed by atoms with van der Waals surface area (Å²) in [5.74, 6) is 0. The third-order valence-electron chi connectivity index (χ3n) is 2.03. The Bertz CT molecular complexity index is 104. The van der Waals surface area contributed by atoms with Crippen LogP contribution >= 0.6 is 11.8 Å². The number of ether oxygens (including phenoxy) is 1. The molecule has 0 amide bonds. The zero-order valence-electron chi connectivity index (χ0n) is 7.51. The molecule has 0 aromatic rings. The predicted molar refractivity (Wildman–Crippen MR) is 50.9 cm³/mol. The van der Waals surface area contributed by atoms with Crippen molar-refractivity contribution in [3.63, 3.8) is 0 Å². The highest BCUT2D eigenvalue weighted by atomic mass is 32.2. The Kier molecular flexibility index (Phi) is 4.31. The maximum atomic E-state index is 5.57. The first kappa shape index (κ1) is 9.40. The molecule has 1 heterocycles. The first-order chi connectivity index (χ1) is 5.36. The molecule has 2 unspecified atom stereocenters. The molecule has 0 aromatic heterocycles. The van der Waals surface area contributed by atoms with Crippen LogP contribution in [0.25, 0.3) is 0 Å². The zero-order chi connectivity index (χ0) is 8.10. The molecule has 1 nitrogen and oxygen atoms in total. The highest BCUT2D eigenvalue weighted by Crippen LogP contribution is 2.31. The standard InChI is InChI=1S/C9H18OS/c1-3-5-8-6-7-10-9(4-2)11-8/h8-9H,3-7H2,1-2H3. The second-order valence-corrected chi connectivity index (χ2v) is 4.51. The van der Waals surface area contributed by atoms with E-state index >= 15 is 0 Å². The second-order valence-electron chi connectivity index (χ2n) is 3.04. The fourth-order valence-corrected chi connectivity index (χ4v) is 2.80. The molecule has 0 spiro atoms. The Balaban J connectivity index is 2.21. The van der Waals surface area contributed by atoms with Crippen molar-refractivity contribution in [3.05, 3.63) is 0 Å². The van der Waals surface area contributed by atoms with E-state index in [-0.39, 0.29) is 0 Å². The van der Waals surface area contributed by atoms with Crippen molar-refractivity contribution in [2.24, 2.45) is 0 Å². The summed E-state index contributed by atoms with van der Waals surface area (Å²) >= 11 is 2.03. The van der Waals surface area contributed by atoms with Crippen molar-refractivity contribution >= 4 is 11.8 Å². The average molecular weight is 174 g/mol. The molecule has 2 atom stereocenters. The van der Waals surface area contributed by atoms with Crippen molar-refractivity contribution in [3.8, 4) is 0 Å². The molecule has 1 rings (SSSR count). The van der Waals surface area contributed by atoms with Gasteiger partial charge in [-0.05, 0) is 19.3 Å². The van der Waals surface area contributed by atoms with E-state index in [1.807, 2.05) is 11.8 Å². The first-order valence-corrected chi connectivity index (χ1v) is 5.58. The fraction of sp³-hybridized carbons (Fsp3) is 1.00. The van der Waals surface area contributed by atoms with Crippen molar-refractivity contribution in [2.45, 2.75) is 50.2 Å². The van der Waals surface area contributed by atoms with Crippen LogP contribution in [0, 0.1) is 0 Å². The first-order valence-electron chi connectivity index (χ1n) is 4.63. The maximum Gasteiger partial charge on any atom is 0.103 e. The number of hydrogen-bond acceptors (Lipinski definition) is 2. The van der Waals surface area contributed by atoms with Gasteiger partial charge in [0.2, 0.25) is 0 Å². The molecule has 0 aliphatic carbocycles. The van der Waals surface area contributed by atoms with Crippen LogP contribution in [-0.2, 0) is 4.74 Å². The molecular weight excluding hydrogens is 156 g/mol. The smallest absolute Gasteiger partial charge is 0.103 e. The summed E-state index contributed by atoms with van der Waals surface area (Å²) in [5.41, 5.74) is 0.486. The lowest BCUT2D eigenvalue weighted by molar-refractivity contribution is 0.0966. The van der Waals surface area contributed by atoms with E-state index in [4.69, 9.17) is 4.74 Å². The molecule has 0 saturated carbocycles. The highest BCUT2D eigenvalue weighted by Gasteiger charge is 2.20. The van der Waals surface area contributed by atoms with E-state index in [1.54, 1.807) is 0 Å². The van der Waals surface area contributed by atoms with E-state index in [0.717, 1.165) is 18.3 Å². The molecule has 0 aromatic carbocycles. The summed E-state index contributed by atoms with van der Waals surface area (Å²) in [4.78, 5) is 0. The summed E-state index contributed by atoms with van der Waals surface area (Å²) in [5, 5.41) is 0.874. The summed E-state index contributed by atoms with van der Waals surface area (Å²) in [6.45, 7) is 5.44. The van der Waals surface area contributed by atoms with Gasteiger partial charge in [0.25, 0.3) is 0 Å². The van der Waals surface area contributed by atoms with Gasteiger partial charge >= 0.3 is 0 Å². The minimum absolute atomic E-state index is 0.486. The SMILES string of the molecule is CCCC1CCOC(CC)S1. The van der Waals surface area contributed by atoms with E-state index in [1.165, 1.54) is 19.3 Å². The van der Waals surface area contributed by atoms with Gasteiger partial charge in [0.15, 0.2) is 0 Å². The molecule has 11 heavy (non-hydrogen) atoms. The average Bonchev–Trinajstić information content (AvgIpc) is 2.06. The van der Waals surface area contributed by atoms with Crippen LogP contribution in [0.3, 0.4) is 0 Å². The van der Waals surface area contributed by atoms with Crippen LogP contribution in [0.1, 0.15) is 39.5 Å². The van der Waals surface area contributed by atoms with Gasteiger partial charge in [-0.15, -0.1) is 11.8 Å². The van der Waals surface area contributed by atoms with Gasteiger partial charge in [-0.1, -0.05) is 20.3 Å². The van der Waals surface area contributed by atoms with Gasteiger partial charge in [-0.25, -0.2) is 0 Å². The van der Waals surface area contributed by atoms with Crippen LogP contribution < -0.4 is 0 Å². The highest BCUT2D eigenvalue weighted by molar-refractivity contribution is 8.00. The van der Waals surface area contributed by atoms with E-state index in [9.17, 15) is 0 Å². The van der Waals surface area contributed by atoms with Crippen molar-refractivity contribution in [1.82, 2.24) is 0 Å². The van der Waals surface area contributed by atoms with E-state index < -0.39 is 0 Å². The third kappa shape index (κ3) is 3.04. The van der Waals surface area contributed by atoms with Gasteiger partial charge in [0, 0.05) is 11.9 Å². The lowest BCUT2D eigenvalue weighted by atomic mass is 10.2. The van der Waals surface area contributed by atoms with Crippen LogP contribution in [-0.4, -0.2) is 17.3 Å². The Morgan fingerprint density at radius 2 is 2.27 bits per heavy atom. The summed E-state index contributed by atoms with van der Waals surface area (Å²) in [6, 6.07) is 0. The maximum absolute atomic E-state index is 5.57. The largest absolute Gasteiger partial charge is 0.368 e. The molecule has 2 heteroatoms. The van der Waals surface area contributed by atoms with E-state index in [0.29, 0.717) is 5.44 Å². The number of thioether (sulfide) groups is 1. The fourth-order valence-electron chi connectivity index (χ4n) is 1.40. The molecule has 0 radical (unpaired) electrons. The zero-order valence-corrected chi connectivity index (χ0v) is 8.32. The van der Waals surface area contributed by atoms with Gasteiger partial charge in [-0.3, -0.25) is 0 Å². The third-order valence-corrected chi connectivity index (χ3v) is 3.66. The number of hydrogen-bond donors (Lipinski definition) is 0. The van der Waals surface area contributed by atoms with Crippen LogP contribution in [0.4, 0.5) is 0 Å². The van der Waals surface area contributed by atoms with Gasteiger partial charge < -0.3 is 4.74 Å². The summed E-state index contributed by atoms with van der Waals surface area (Å²) < 4.78 is 5.57. The minimum Gasteiger partial charge on any atom is -0.368 e. The topological polar surface area (TPSA) is 9.23 Å². The molecule has 1 aliphatic heterocycles. The molecule has 66 valence electrons. The van der Waals surface area contributed by atoms with Gasteiger partial charge in [0.05, 0.1) is 0 Å². The van der Waals surface area contributed by atoms with Crippen LogP contribution in [0.5, 0.6) is 0 Å². The second kappa shape index (κ2) is 5.04. The lowest BCUT2D eigenvalue weighted by Gasteiger charge is -2.28. The molecule has 0 bridgehead atoms. The Morgan fingerprint density at radius 3 is 2.91 bits per heavy atom. The monoisotopic (exact) mass is 174 g/mol. The molecule has 1 saturated heterocycles. The normalized spacial score (nSPS) is 32.2. The lowest BCUT2D eigenvalue weighted by Crippen LogP contribution is -2.22. The van der Waals surface area contributed by atoms with Gasteiger partial charge in [-0.2, -0.15) is 0 Å². The van der Waals surface area contributed by atoms with Crippen LogP contribution in [0.15, 0.2) is 0 Å². The molecular formula is C9H18OS.